The highest BCUT2D eigenvalue weighted by atomic mass is 19.4. The maximum absolute atomic E-state index is 13.1. The lowest BCUT2D eigenvalue weighted by Crippen LogP contribution is -2.28. The minimum atomic E-state index is -4.97. The van der Waals surface area contributed by atoms with Gasteiger partial charge in [-0.2, -0.15) is 22.0 Å². The molecule has 0 saturated carbocycles. The minimum Gasteiger partial charge on any atom is -0.325 e. The summed E-state index contributed by atoms with van der Waals surface area (Å²) in [4.78, 5) is 0. The fourth-order valence-electron chi connectivity index (χ4n) is 1.18. The molecule has 90 valence electrons. The summed E-state index contributed by atoms with van der Waals surface area (Å²) in [6.07, 6.45) is -4.97. The molecule has 0 spiro atoms. The van der Waals surface area contributed by atoms with Gasteiger partial charge in [0.1, 0.15) is 5.82 Å². The van der Waals surface area contributed by atoms with Crippen LogP contribution in [0.15, 0.2) is 18.2 Å². The lowest BCUT2D eigenvalue weighted by Gasteiger charge is -2.19. The van der Waals surface area contributed by atoms with Crippen LogP contribution in [-0.4, -0.2) is 6.54 Å². The molecule has 0 aliphatic rings. The fraction of sp³-hybridized carbons (Fsp3) is 0.333. The zero-order valence-corrected chi connectivity index (χ0v) is 7.78. The van der Waals surface area contributed by atoms with Gasteiger partial charge >= 0.3 is 6.18 Å². The van der Waals surface area contributed by atoms with Crippen LogP contribution in [0.2, 0.25) is 0 Å². The maximum Gasteiger partial charge on any atom is 0.416 e. The van der Waals surface area contributed by atoms with E-state index in [0.717, 1.165) is 0 Å². The molecule has 0 bridgehead atoms. The summed E-state index contributed by atoms with van der Waals surface area (Å²) in [5.41, 5.74) is 1.64. The third-order valence-electron chi connectivity index (χ3n) is 1.94. The molecule has 0 unspecified atom stereocenters. The molecule has 0 aromatic heterocycles. The lowest BCUT2D eigenvalue weighted by atomic mass is 10.0. The molecule has 0 aliphatic heterocycles. The first-order valence-electron chi connectivity index (χ1n) is 4.13. The highest BCUT2D eigenvalue weighted by molar-refractivity contribution is 5.34. The Hall–Kier alpha value is -1.24. The molecule has 2 N–H and O–H groups in total. The topological polar surface area (TPSA) is 26.0 Å². The van der Waals surface area contributed by atoms with Crippen molar-refractivity contribution in [3.63, 3.8) is 0 Å². The fourth-order valence-corrected chi connectivity index (χ4v) is 1.18. The van der Waals surface area contributed by atoms with E-state index in [1.54, 1.807) is 0 Å². The Bertz CT molecular complexity index is 384. The summed E-state index contributed by atoms with van der Waals surface area (Å²) in [7, 11) is 0. The number of alkyl halides is 5. The van der Waals surface area contributed by atoms with Crippen molar-refractivity contribution in [2.45, 2.75) is 12.1 Å². The van der Waals surface area contributed by atoms with Gasteiger partial charge in [0, 0.05) is 5.56 Å². The van der Waals surface area contributed by atoms with Crippen LogP contribution in [0.5, 0.6) is 0 Å². The summed E-state index contributed by atoms with van der Waals surface area (Å²) in [6, 6.07) is 0.892. The van der Waals surface area contributed by atoms with Gasteiger partial charge in [0.25, 0.3) is 5.92 Å². The average Bonchev–Trinajstić information content (AvgIpc) is 2.15. The van der Waals surface area contributed by atoms with E-state index in [2.05, 4.69) is 5.73 Å². The van der Waals surface area contributed by atoms with Gasteiger partial charge in [-0.25, -0.2) is 4.39 Å². The molecule has 0 aliphatic carbocycles. The van der Waals surface area contributed by atoms with Gasteiger partial charge in [0.2, 0.25) is 0 Å². The monoisotopic (exact) mass is 243 g/mol. The summed E-state index contributed by atoms with van der Waals surface area (Å²) < 4.78 is 75.8. The molecule has 0 radical (unpaired) electrons. The summed E-state index contributed by atoms with van der Waals surface area (Å²) in [6.45, 7) is -1.32. The largest absolute Gasteiger partial charge is 0.416 e. The zero-order chi connectivity index (χ0) is 12.6. The first kappa shape index (κ1) is 12.8. The number of benzene rings is 1. The molecule has 16 heavy (non-hydrogen) atoms. The molecular weight excluding hydrogens is 236 g/mol. The number of rotatable bonds is 2. The average molecular weight is 243 g/mol. The van der Waals surface area contributed by atoms with Gasteiger partial charge in [0.05, 0.1) is 12.1 Å². The Balaban J connectivity index is 3.41. The quantitative estimate of drug-likeness (QED) is 0.794. The number of hydrogen-bond donors (Lipinski definition) is 1. The van der Waals surface area contributed by atoms with Gasteiger partial charge in [-0.1, -0.05) is 0 Å². The van der Waals surface area contributed by atoms with E-state index in [1.807, 2.05) is 0 Å². The van der Waals surface area contributed by atoms with Crippen LogP contribution >= 0.6 is 0 Å². The molecule has 0 atom stereocenters. The number of halogens is 6. The first-order chi connectivity index (χ1) is 7.18. The van der Waals surface area contributed by atoms with Crippen molar-refractivity contribution in [3.8, 4) is 0 Å². The Kier molecular flexibility index (Phi) is 3.18. The Labute approximate surface area is 86.9 Å². The smallest absolute Gasteiger partial charge is 0.325 e. The molecule has 1 aromatic carbocycles. The second kappa shape index (κ2) is 3.97. The van der Waals surface area contributed by atoms with Crippen LogP contribution in [0.3, 0.4) is 0 Å². The standard InChI is InChI=1S/C9H7F6N/c10-5-1-2-6(9(13,14)15)7(3-5)8(11,12)4-16/h1-3H,4,16H2. The second-order valence-corrected chi connectivity index (χ2v) is 3.10. The molecule has 7 heteroatoms. The van der Waals surface area contributed by atoms with Gasteiger partial charge in [-0.15, -0.1) is 0 Å². The first-order valence-corrected chi connectivity index (χ1v) is 4.13. The van der Waals surface area contributed by atoms with E-state index in [0.29, 0.717) is 6.07 Å². The van der Waals surface area contributed by atoms with Crippen molar-refractivity contribution < 1.29 is 26.3 Å². The molecule has 0 heterocycles. The van der Waals surface area contributed by atoms with E-state index in [4.69, 9.17) is 0 Å². The Morgan fingerprint density at radius 1 is 1.00 bits per heavy atom. The third-order valence-corrected chi connectivity index (χ3v) is 1.94. The van der Waals surface area contributed by atoms with Gasteiger partial charge in [0.15, 0.2) is 0 Å². The summed E-state index contributed by atoms with van der Waals surface area (Å²) in [5.74, 6) is -5.08. The van der Waals surface area contributed by atoms with Crippen LogP contribution in [-0.2, 0) is 12.1 Å². The number of nitrogens with two attached hydrogens (primary N) is 1. The van der Waals surface area contributed by atoms with Crippen molar-refractivity contribution in [1.82, 2.24) is 0 Å². The predicted octanol–water partition coefficient (Wildman–Crippen LogP) is 2.90. The van der Waals surface area contributed by atoms with Crippen molar-refractivity contribution in [2.75, 3.05) is 6.54 Å². The Morgan fingerprint density at radius 2 is 1.56 bits per heavy atom. The third kappa shape index (κ3) is 2.46. The second-order valence-electron chi connectivity index (χ2n) is 3.10. The van der Waals surface area contributed by atoms with Gasteiger partial charge < -0.3 is 5.73 Å². The van der Waals surface area contributed by atoms with E-state index < -0.39 is 35.6 Å². The van der Waals surface area contributed by atoms with Gasteiger partial charge in [-0.3, -0.25) is 0 Å². The van der Waals surface area contributed by atoms with Crippen molar-refractivity contribution in [1.29, 1.82) is 0 Å². The molecule has 1 rings (SSSR count). The molecular formula is C9H7F6N. The van der Waals surface area contributed by atoms with Crippen molar-refractivity contribution >= 4 is 0 Å². The SMILES string of the molecule is NCC(F)(F)c1cc(F)ccc1C(F)(F)F. The van der Waals surface area contributed by atoms with Crippen LogP contribution in [0, 0.1) is 5.82 Å². The predicted molar refractivity (Wildman–Crippen MR) is 44.4 cm³/mol. The molecule has 0 saturated heterocycles. The van der Waals surface area contributed by atoms with Crippen LogP contribution < -0.4 is 5.73 Å². The lowest BCUT2D eigenvalue weighted by molar-refractivity contribution is -0.141. The molecule has 1 nitrogen and oxygen atoms in total. The highest BCUT2D eigenvalue weighted by Gasteiger charge is 2.42. The molecule has 0 fully saturated rings. The highest BCUT2D eigenvalue weighted by Crippen LogP contribution is 2.39. The summed E-state index contributed by atoms with van der Waals surface area (Å²) >= 11 is 0. The van der Waals surface area contributed by atoms with E-state index in [9.17, 15) is 26.3 Å². The van der Waals surface area contributed by atoms with Crippen LogP contribution in [0.4, 0.5) is 26.3 Å². The Morgan fingerprint density at radius 3 is 2.00 bits per heavy atom. The van der Waals surface area contributed by atoms with Crippen LogP contribution in [0.1, 0.15) is 11.1 Å². The van der Waals surface area contributed by atoms with E-state index in [1.165, 1.54) is 0 Å². The molecule has 0 amide bonds. The maximum atomic E-state index is 13.1. The van der Waals surface area contributed by atoms with Crippen molar-refractivity contribution in [2.24, 2.45) is 5.73 Å². The zero-order valence-electron chi connectivity index (χ0n) is 7.78. The van der Waals surface area contributed by atoms with E-state index in [-0.39, 0.29) is 12.1 Å². The van der Waals surface area contributed by atoms with Crippen LogP contribution in [0.25, 0.3) is 0 Å². The number of hydrogen-bond acceptors (Lipinski definition) is 1. The summed E-state index contributed by atoms with van der Waals surface area (Å²) in [5, 5.41) is 0. The van der Waals surface area contributed by atoms with Gasteiger partial charge in [-0.05, 0) is 18.2 Å². The molecule has 1 aromatic rings. The normalized spacial score (nSPS) is 12.9. The van der Waals surface area contributed by atoms with E-state index >= 15 is 0 Å². The van der Waals surface area contributed by atoms with Crippen molar-refractivity contribution in [3.05, 3.63) is 35.1 Å². The minimum absolute atomic E-state index is 0.148.